The number of benzene rings is 3. The Morgan fingerprint density at radius 3 is 2.30 bits per heavy atom. The van der Waals surface area contributed by atoms with Crippen LogP contribution in [0.4, 0.5) is 10.1 Å². The molecule has 4 N–H and O–H groups in total. The van der Waals surface area contributed by atoms with Gasteiger partial charge in [0.25, 0.3) is 0 Å². The fraction of sp³-hybridized carbons (Fsp3) is 0.276. The van der Waals surface area contributed by atoms with E-state index < -0.39 is 10.0 Å². The third-order valence-corrected chi connectivity index (χ3v) is 8.12. The highest BCUT2D eigenvalue weighted by atomic mass is 32.2. The van der Waals surface area contributed by atoms with Crippen LogP contribution in [0.2, 0.25) is 0 Å². The van der Waals surface area contributed by atoms with Crippen LogP contribution in [0.5, 0.6) is 0 Å². The van der Waals surface area contributed by atoms with Gasteiger partial charge in [-0.2, -0.15) is 0 Å². The zero-order valence-corrected chi connectivity index (χ0v) is 21.4. The maximum absolute atomic E-state index is 13.1. The van der Waals surface area contributed by atoms with Gasteiger partial charge in [-0.1, -0.05) is 42.2 Å². The third kappa shape index (κ3) is 6.97. The van der Waals surface area contributed by atoms with E-state index in [0.717, 1.165) is 11.1 Å². The van der Waals surface area contributed by atoms with Crippen LogP contribution in [-0.4, -0.2) is 20.4 Å². The lowest BCUT2D eigenvalue weighted by atomic mass is 9.85. The maximum atomic E-state index is 13.1. The normalized spacial score (nSPS) is 18.3. The number of carbonyl (C=O) groups is 1. The monoisotopic (exact) mass is 519 g/mol. The first-order chi connectivity index (χ1) is 17.7. The number of carbonyl (C=O) groups excluding carboxylic acids is 1. The lowest BCUT2D eigenvalue weighted by molar-refractivity contribution is -0.126. The Kier molecular flexibility index (Phi) is 8.27. The van der Waals surface area contributed by atoms with E-state index in [4.69, 9.17) is 5.73 Å². The van der Waals surface area contributed by atoms with Gasteiger partial charge in [0.2, 0.25) is 15.9 Å². The number of hydrogen-bond acceptors (Lipinski definition) is 4. The molecule has 0 aliphatic heterocycles. The van der Waals surface area contributed by atoms with Gasteiger partial charge in [0.15, 0.2) is 0 Å². The smallest absolute Gasteiger partial charge is 0.240 e. The minimum atomic E-state index is -3.77. The van der Waals surface area contributed by atoms with Gasteiger partial charge in [0.05, 0.1) is 10.9 Å². The molecule has 0 bridgehead atoms. The highest BCUT2D eigenvalue weighted by Gasteiger charge is 2.30. The number of sulfonamides is 1. The summed E-state index contributed by atoms with van der Waals surface area (Å²) in [5.74, 6) is 5.42. The van der Waals surface area contributed by atoms with Crippen LogP contribution in [0.25, 0.3) is 0 Å². The fourth-order valence-corrected chi connectivity index (χ4v) is 5.75. The Hall–Kier alpha value is -3.67. The summed E-state index contributed by atoms with van der Waals surface area (Å²) >= 11 is 0. The molecule has 3 aromatic rings. The van der Waals surface area contributed by atoms with E-state index in [2.05, 4.69) is 21.9 Å². The van der Waals surface area contributed by atoms with Crippen molar-refractivity contribution in [3.05, 3.63) is 95.3 Å². The first-order valence-electron chi connectivity index (χ1n) is 12.3. The predicted octanol–water partition coefficient (Wildman–Crippen LogP) is 4.52. The van der Waals surface area contributed by atoms with Crippen molar-refractivity contribution in [3.8, 4) is 11.8 Å². The second-order valence-corrected chi connectivity index (χ2v) is 11.0. The van der Waals surface area contributed by atoms with E-state index in [1.54, 1.807) is 18.2 Å². The molecule has 8 heteroatoms. The Bertz CT molecular complexity index is 1410. The van der Waals surface area contributed by atoms with Crippen molar-refractivity contribution in [2.75, 3.05) is 5.73 Å². The average molecular weight is 520 g/mol. The minimum absolute atomic E-state index is 0.0712. The number of anilines is 1. The molecule has 1 aliphatic carbocycles. The quantitative estimate of drug-likeness (QED) is 0.329. The topological polar surface area (TPSA) is 101 Å². The highest BCUT2D eigenvalue weighted by Crippen LogP contribution is 2.27. The molecule has 1 amide bonds. The van der Waals surface area contributed by atoms with E-state index in [9.17, 15) is 17.6 Å². The molecule has 0 aromatic heterocycles. The molecule has 0 radical (unpaired) electrons. The minimum Gasteiger partial charge on any atom is -0.398 e. The molecule has 0 saturated heterocycles. The number of halogens is 1. The summed E-state index contributed by atoms with van der Waals surface area (Å²) in [5, 5.41) is 2.98. The van der Waals surface area contributed by atoms with Crippen molar-refractivity contribution in [1.29, 1.82) is 0 Å². The summed E-state index contributed by atoms with van der Waals surface area (Å²) < 4.78 is 41.9. The average Bonchev–Trinajstić information content (AvgIpc) is 2.89. The van der Waals surface area contributed by atoms with Crippen molar-refractivity contribution in [2.24, 2.45) is 5.92 Å². The van der Waals surface area contributed by atoms with Crippen LogP contribution in [-0.2, 0) is 14.8 Å². The van der Waals surface area contributed by atoms with Crippen molar-refractivity contribution in [3.63, 3.8) is 0 Å². The van der Waals surface area contributed by atoms with E-state index in [0.29, 0.717) is 36.9 Å². The maximum Gasteiger partial charge on any atom is 0.240 e. The molecule has 0 spiro atoms. The fourth-order valence-electron chi connectivity index (χ4n) is 4.41. The summed E-state index contributed by atoms with van der Waals surface area (Å²) in [6, 6.07) is 19.5. The molecule has 1 saturated carbocycles. The Labute approximate surface area is 217 Å². The third-order valence-electron chi connectivity index (χ3n) is 6.60. The summed E-state index contributed by atoms with van der Waals surface area (Å²) in [6.07, 6.45) is 2.26. The molecule has 37 heavy (non-hydrogen) atoms. The van der Waals surface area contributed by atoms with E-state index in [-0.39, 0.29) is 34.6 Å². The zero-order chi connectivity index (χ0) is 26.4. The second kappa shape index (κ2) is 11.6. The molecule has 192 valence electrons. The molecule has 1 fully saturated rings. The Morgan fingerprint density at radius 2 is 1.65 bits per heavy atom. The first-order valence-corrected chi connectivity index (χ1v) is 13.7. The van der Waals surface area contributed by atoms with Crippen LogP contribution in [0, 0.1) is 23.6 Å². The van der Waals surface area contributed by atoms with Crippen molar-refractivity contribution in [1.82, 2.24) is 10.0 Å². The van der Waals surface area contributed by atoms with Crippen LogP contribution < -0.4 is 15.8 Å². The second-order valence-electron chi connectivity index (χ2n) is 9.32. The lowest BCUT2D eigenvalue weighted by Crippen LogP contribution is -2.41. The highest BCUT2D eigenvalue weighted by molar-refractivity contribution is 7.89. The van der Waals surface area contributed by atoms with Gasteiger partial charge < -0.3 is 11.1 Å². The van der Waals surface area contributed by atoms with Gasteiger partial charge >= 0.3 is 0 Å². The summed E-state index contributed by atoms with van der Waals surface area (Å²) in [4.78, 5) is 12.8. The van der Waals surface area contributed by atoms with Gasteiger partial charge in [-0.25, -0.2) is 17.5 Å². The van der Waals surface area contributed by atoms with Crippen LogP contribution >= 0.6 is 0 Å². The van der Waals surface area contributed by atoms with E-state index in [1.807, 2.05) is 37.3 Å². The number of hydrogen-bond donors (Lipinski definition) is 3. The number of nitrogens with two attached hydrogens (primary N) is 1. The van der Waals surface area contributed by atoms with Gasteiger partial charge in [0, 0.05) is 28.8 Å². The van der Waals surface area contributed by atoms with Crippen LogP contribution in [0.1, 0.15) is 55.3 Å². The number of amides is 1. The van der Waals surface area contributed by atoms with E-state index >= 15 is 0 Å². The summed E-state index contributed by atoms with van der Waals surface area (Å²) in [5.41, 5.74) is 8.62. The van der Waals surface area contributed by atoms with E-state index in [1.165, 1.54) is 24.3 Å². The lowest BCUT2D eigenvalue weighted by Gasteiger charge is -2.29. The Balaban J connectivity index is 1.32. The molecule has 1 aliphatic rings. The van der Waals surface area contributed by atoms with Crippen molar-refractivity contribution >= 4 is 21.6 Å². The first kappa shape index (κ1) is 26.4. The summed E-state index contributed by atoms with van der Waals surface area (Å²) in [7, 11) is -3.77. The molecule has 6 nitrogen and oxygen atoms in total. The molecule has 4 rings (SSSR count). The number of nitrogens with one attached hydrogen (secondary N) is 2. The van der Waals surface area contributed by atoms with Gasteiger partial charge in [-0.15, -0.1) is 0 Å². The summed E-state index contributed by atoms with van der Waals surface area (Å²) in [6.45, 7) is 1.86. The van der Waals surface area contributed by atoms with Gasteiger partial charge in [0.1, 0.15) is 5.82 Å². The van der Waals surface area contributed by atoms with Crippen LogP contribution in [0.3, 0.4) is 0 Å². The standard InChI is InChI=1S/C29H30FN3O3S/c1-20(22-9-14-25(30)15-10-22)32-29(34)24-11-16-26(17-12-24)33-37(35,36)27-18-13-23(28(31)19-27)8-7-21-5-3-2-4-6-21/h2-6,9-10,13-15,18-20,24,26,33H,11-12,16-17,31H2,1H3,(H,32,34)/t20-,24?,26?/m1/s1. The molecule has 1 atom stereocenters. The van der Waals surface area contributed by atoms with Gasteiger partial charge in [-0.05, 0) is 80.6 Å². The van der Waals surface area contributed by atoms with Gasteiger partial charge in [-0.3, -0.25) is 4.79 Å². The number of rotatable bonds is 6. The molecule has 0 heterocycles. The SMILES string of the molecule is C[C@@H](NC(=O)C1CCC(NS(=O)(=O)c2ccc(C#Cc3ccccc3)c(N)c2)CC1)c1ccc(F)cc1. The predicted molar refractivity (Wildman–Crippen MR) is 142 cm³/mol. The largest absolute Gasteiger partial charge is 0.398 e. The number of nitrogen functional groups attached to an aromatic ring is 1. The molecular formula is C29H30FN3O3S. The Morgan fingerprint density at radius 1 is 0.973 bits per heavy atom. The molecule has 3 aromatic carbocycles. The zero-order valence-electron chi connectivity index (χ0n) is 20.6. The van der Waals surface area contributed by atoms with Crippen molar-refractivity contribution < 1.29 is 17.6 Å². The molecule has 0 unspecified atom stereocenters. The van der Waals surface area contributed by atoms with Crippen LogP contribution in [0.15, 0.2) is 77.7 Å². The van der Waals surface area contributed by atoms with Crippen molar-refractivity contribution in [2.45, 2.75) is 49.6 Å². The molecular weight excluding hydrogens is 489 g/mol.